The number of benzene rings is 2. The van der Waals surface area contributed by atoms with Gasteiger partial charge in [-0.05, 0) is 68.5 Å². The summed E-state index contributed by atoms with van der Waals surface area (Å²) in [5.41, 5.74) is 1.58. The van der Waals surface area contributed by atoms with Gasteiger partial charge in [0, 0.05) is 35.4 Å². The molecule has 8 heteroatoms. The van der Waals surface area contributed by atoms with Crippen LogP contribution in [0.15, 0.2) is 48.0 Å². The van der Waals surface area contributed by atoms with E-state index in [9.17, 15) is 14.7 Å². The smallest absolute Gasteiger partial charge is 0.270 e. The maximum atomic E-state index is 13.0. The van der Waals surface area contributed by atoms with Gasteiger partial charge in [-0.3, -0.25) is 19.8 Å². The van der Waals surface area contributed by atoms with Crippen LogP contribution in [-0.2, 0) is 9.59 Å². The first-order chi connectivity index (χ1) is 13.8. The van der Waals surface area contributed by atoms with Crippen molar-refractivity contribution >= 4 is 58.2 Å². The highest BCUT2D eigenvalue weighted by Gasteiger charge is 2.34. The molecule has 150 valence electrons. The Morgan fingerprint density at radius 1 is 1.14 bits per heavy atom. The number of carbonyl (C=O) groups is 2. The van der Waals surface area contributed by atoms with Crippen molar-refractivity contribution in [2.75, 3.05) is 22.9 Å². The molecular formula is C21H20ClN3O3S. The Hall–Kier alpha value is -2.90. The fourth-order valence-electron chi connectivity index (χ4n) is 3.08. The highest BCUT2D eigenvalue weighted by atomic mass is 35.5. The second kappa shape index (κ2) is 8.63. The molecule has 2 N–H and O–H groups in total. The van der Waals surface area contributed by atoms with Gasteiger partial charge in [0.05, 0.1) is 5.69 Å². The van der Waals surface area contributed by atoms with E-state index in [0.29, 0.717) is 16.3 Å². The molecule has 0 unspecified atom stereocenters. The number of thiocarbonyl (C=S) groups is 1. The lowest BCUT2D eigenvalue weighted by Gasteiger charge is -2.29. The summed E-state index contributed by atoms with van der Waals surface area (Å²) in [4.78, 5) is 28.7. The molecule has 0 bridgehead atoms. The zero-order valence-corrected chi connectivity index (χ0v) is 17.5. The summed E-state index contributed by atoms with van der Waals surface area (Å²) in [5, 5.41) is 13.5. The fourth-order valence-corrected chi connectivity index (χ4v) is 3.48. The van der Waals surface area contributed by atoms with Gasteiger partial charge < -0.3 is 10.0 Å². The molecule has 2 aromatic rings. The van der Waals surface area contributed by atoms with Crippen LogP contribution in [0, 0.1) is 0 Å². The number of nitrogens with zero attached hydrogens (tertiary/aromatic N) is 2. The van der Waals surface area contributed by atoms with Gasteiger partial charge in [0.1, 0.15) is 11.3 Å². The summed E-state index contributed by atoms with van der Waals surface area (Å²) in [6, 6.07) is 11.7. The van der Waals surface area contributed by atoms with Crippen molar-refractivity contribution in [1.29, 1.82) is 0 Å². The van der Waals surface area contributed by atoms with Crippen LogP contribution in [0.25, 0.3) is 6.08 Å². The van der Waals surface area contributed by atoms with Gasteiger partial charge in [-0.25, -0.2) is 0 Å². The van der Waals surface area contributed by atoms with Gasteiger partial charge in [-0.2, -0.15) is 0 Å². The Bertz CT molecular complexity index is 1000. The minimum absolute atomic E-state index is 0.0134. The Balaban J connectivity index is 1.97. The number of phenols is 1. The van der Waals surface area contributed by atoms with Crippen LogP contribution >= 0.6 is 23.8 Å². The lowest BCUT2D eigenvalue weighted by molar-refractivity contribution is -0.122. The van der Waals surface area contributed by atoms with Crippen LogP contribution in [0.3, 0.4) is 0 Å². The highest BCUT2D eigenvalue weighted by Crippen LogP contribution is 2.29. The largest absolute Gasteiger partial charge is 0.507 e. The Morgan fingerprint density at radius 2 is 1.79 bits per heavy atom. The molecule has 1 aliphatic rings. The molecule has 2 aromatic carbocycles. The van der Waals surface area contributed by atoms with Gasteiger partial charge in [-0.1, -0.05) is 11.6 Å². The maximum absolute atomic E-state index is 13.0. The number of hydrogen-bond acceptors (Lipinski definition) is 5. The molecule has 0 spiro atoms. The molecular weight excluding hydrogens is 410 g/mol. The zero-order valence-electron chi connectivity index (χ0n) is 16.0. The van der Waals surface area contributed by atoms with Crippen molar-refractivity contribution in [3.63, 3.8) is 0 Å². The third kappa shape index (κ3) is 4.26. The van der Waals surface area contributed by atoms with Crippen molar-refractivity contribution in [2.45, 2.75) is 13.8 Å². The van der Waals surface area contributed by atoms with Crippen LogP contribution in [0.1, 0.15) is 19.4 Å². The third-order valence-corrected chi connectivity index (χ3v) is 5.17. The monoisotopic (exact) mass is 429 g/mol. The molecule has 3 rings (SSSR count). The summed E-state index contributed by atoms with van der Waals surface area (Å²) < 4.78 is 0. The van der Waals surface area contributed by atoms with Gasteiger partial charge in [0.2, 0.25) is 0 Å². The van der Waals surface area contributed by atoms with Crippen molar-refractivity contribution in [2.24, 2.45) is 0 Å². The van der Waals surface area contributed by atoms with E-state index in [-0.39, 0.29) is 16.4 Å². The molecule has 6 nitrogen and oxygen atoms in total. The summed E-state index contributed by atoms with van der Waals surface area (Å²) in [6.07, 6.45) is 1.36. The first kappa shape index (κ1) is 20.8. The van der Waals surface area contributed by atoms with Crippen LogP contribution in [-0.4, -0.2) is 35.1 Å². The molecule has 1 fully saturated rings. The summed E-state index contributed by atoms with van der Waals surface area (Å²) in [7, 11) is 0. The lowest BCUT2D eigenvalue weighted by atomic mass is 10.1. The molecule has 0 aromatic heterocycles. The molecule has 0 radical (unpaired) electrons. The number of carbonyl (C=O) groups excluding carboxylic acids is 2. The van der Waals surface area contributed by atoms with E-state index < -0.39 is 11.8 Å². The topological polar surface area (TPSA) is 72.9 Å². The van der Waals surface area contributed by atoms with Gasteiger partial charge in [0.25, 0.3) is 11.8 Å². The van der Waals surface area contributed by atoms with Gasteiger partial charge in [0.15, 0.2) is 5.11 Å². The third-order valence-electron chi connectivity index (χ3n) is 4.63. The number of rotatable bonds is 5. The minimum atomic E-state index is -0.613. The molecule has 0 aliphatic carbocycles. The van der Waals surface area contributed by atoms with Crippen molar-refractivity contribution in [3.8, 4) is 5.75 Å². The molecule has 29 heavy (non-hydrogen) atoms. The van der Waals surface area contributed by atoms with Gasteiger partial charge in [-0.15, -0.1) is 0 Å². The van der Waals surface area contributed by atoms with E-state index in [1.54, 1.807) is 36.4 Å². The minimum Gasteiger partial charge on any atom is -0.507 e. The summed E-state index contributed by atoms with van der Waals surface area (Å²) in [5.74, 6) is -1.21. The number of phenolic OH excluding ortho intramolecular Hbond substituents is 1. The number of amides is 2. The van der Waals surface area contributed by atoms with Crippen LogP contribution in [0.2, 0.25) is 5.02 Å². The molecule has 2 amide bonds. The number of nitrogens with one attached hydrogen (secondary N) is 1. The lowest BCUT2D eigenvalue weighted by Crippen LogP contribution is -2.54. The maximum Gasteiger partial charge on any atom is 0.270 e. The zero-order chi connectivity index (χ0) is 21.1. The number of hydrogen-bond donors (Lipinski definition) is 2. The van der Waals surface area contributed by atoms with E-state index in [4.69, 9.17) is 23.8 Å². The van der Waals surface area contributed by atoms with Gasteiger partial charge >= 0.3 is 0 Å². The molecule has 1 aliphatic heterocycles. The Kier molecular flexibility index (Phi) is 6.20. The number of halogens is 1. The average Bonchev–Trinajstić information content (AvgIpc) is 2.69. The van der Waals surface area contributed by atoms with Crippen LogP contribution in [0.5, 0.6) is 5.75 Å². The molecule has 1 heterocycles. The predicted molar refractivity (Wildman–Crippen MR) is 119 cm³/mol. The summed E-state index contributed by atoms with van der Waals surface area (Å²) >= 11 is 11.1. The molecule has 0 atom stereocenters. The quantitative estimate of drug-likeness (QED) is 0.430. The highest BCUT2D eigenvalue weighted by molar-refractivity contribution is 7.80. The number of aromatic hydroxyl groups is 1. The van der Waals surface area contributed by atoms with Crippen LogP contribution < -0.4 is 15.1 Å². The van der Waals surface area contributed by atoms with E-state index >= 15 is 0 Å². The van der Waals surface area contributed by atoms with E-state index in [1.165, 1.54) is 11.0 Å². The van der Waals surface area contributed by atoms with Crippen molar-refractivity contribution < 1.29 is 14.7 Å². The first-order valence-corrected chi connectivity index (χ1v) is 9.89. The van der Waals surface area contributed by atoms with Crippen molar-refractivity contribution in [1.82, 2.24) is 5.32 Å². The van der Waals surface area contributed by atoms with E-state index in [0.717, 1.165) is 18.8 Å². The average molecular weight is 430 g/mol. The normalized spacial score (nSPS) is 15.6. The summed E-state index contributed by atoms with van der Waals surface area (Å²) in [6.45, 7) is 5.64. The van der Waals surface area contributed by atoms with E-state index in [1.807, 2.05) is 19.9 Å². The molecule has 1 saturated heterocycles. The first-order valence-electron chi connectivity index (χ1n) is 9.10. The Labute approximate surface area is 179 Å². The van der Waals surface area contributed by atoms with E-state index in [2.05, 4.69) is 10.2 Å². The second-order valence-corrected chi connectivity index (χ2v) is 7.17. The fraction of sp³-hybridized carbons (Fsp3) is 0.190. The Morgan fingerprint density at radius 3 is 2.38 bits per heavy atom. The predicted octanol–water partition coefficient (Wildman–Crippen LogP) is 3.72. The SMILES string of the molecule is CCN(CC)c1ccc(C=C2C(=O)NC(=S)N(c3ccc(Cl)cc3)C2=O)c(O)c1. The second-order valence-electron chi connectivity index (χ2n) is 6.35. The van der Waals surface area contributed by atoms with Crippen molar-refractivity contribution in [3.05, 3.63) is 58.6 Å². The standard InChI is InChI=1S/C21H20ClN3O3S/c1-3-24(4-2)16-8-5-13(18(26)12-16)11-17-19(27)23-21(29)25(20(17)28)15-9-6-14(22)7-10-15/h5-12,26H,3-4H2,1-2H3,(H,23,27,29). The van der Waals surface area contributed by atoms with Crippen LogP contribution in [0.4, 0.5) is 11.4 Å². The number of anilines is 2. The molecule has 0 saturated carbocycles.